The van der Waals surface area contributed by atoms with Crippen LogP contribution in [0.25, 0.3) is 0 Å². The molecule has 1 aromatic rings. The van der Waals surface area contributed by atoms with E-state index < -0.39 is 6.04 Å². The molecule has 0 aromatic heterocycles. The van der Waals surface area contributed by atoms with E-state index in [9.17, 15) is 4.79 Å². The van der Waals surface area contributed by atoms with Crippen LogP contribution >= 0.6 is 11.6 Å². The Morgan fingerprint density at radius 1 is 1.38 bits per heavy atom. The van der Waals surface area contributed by atoms with E-state index in [1.54, 1.807) is 0 Å². The maximum Gasteiger partial charge on any atom is 0.245 e. The molecule has 0 radical (unpaired) electrons. The molecule has 1 fully saturated rings. The molecular formula is C16H22ClN3O. The zero-order valence-corrected chi connectivity index (χ0v) is 13.3. The minimum absolute atomic E-state index is 0.160. The van der Waals surface area contributed by atoms with Crippen LogP contribution in [-0.4, -0.2) is 19.0 Å². The SMILES string of the molecule is CC1CCCC(N(C)c2cc3c(cc2Cl)C(N)C(=O)N3)C1. The van der Waals surface area contributed by atoms with Gasteiger partial charge in [0.25, 0.3) is 0 Å². The second kappa shape index (κ2) is 5.50. The van der Waals surface area contributed by atoms with Crippen LogP contribution in [0.3, 0.4) is 0 Å². The lowest BCUT2D eigenvalue weighted by molar-refractivity contribution is -0.116. The molecule has 1 aliphatic heterocycles. The van der Waals surface area contributed by atoms with Crippen LogP contribution < -0.4 is 16.0 Å². The Morgan fingerprint density at radius 2 is 2.14 bits per heavy atom. The van der Waals surface area contributed by atoms with Gasteiger partial charge in [0.1, 0.15) is 6.04 Å². The van der Waals surface area contributed by atoms with Crippen molar-refractivity contribution in [1.29, 1.82) is 0 Å². The molecule has 1 aromatic carbocycles. The van der Waals surface area contributed by atoms with Gasteiger partial charge < -0.3 is 16.0 Å². The van der Waals surface area contributed by atoms with Crippen molar-refractivity contribution in [3.63, 3.8) is 0 Å². The maximum absolute atomic E-state index is 11.7. The van der Waals surface area contributed by atoms with E-state index in [1.807, 2.05) is 12.1 Å². The van der Waals surface area contributed by atoms with Gasteiger partial charge in [-0.15, -0.1) is 0 Å². The molecule has 1 saturated carbocycles. The largest absolute Gasteiger partial charge is 0.370 e. The molecule has 3 N–H and O–H groups in total. The van der Waals surface area contributed by atoms with Gasteiger partial charge >= 0.3 is 0 Å². The number of carbonyl (C=O) groups excluding carboxylic acids is 1. The summed E-state index contributed by atoms with van der Waals surface area (Å²) in [5.74, 6) is 0.597. The van der Waals surface area contributed by atoms with Gasteiger partial charge in [-0.05, 0) is 30.9 Å². The number of anilines is 2. The third kappa shape index (κ3) is 2.62. The molecule has 5 heteroatoms. The lowest BCUT2D eigenvalue weighted by Crippen LogP contribution is -2.35. The van der Waals surface area contributed by atoms with E-state index in [0.29, 0.717) is 11.1 Å². The Kier molecular flexibility index (Phi) is 3.84. The van der Waals surface area contributed by atoms with Crippen molar-refractivity contribution >= 4 is 28.9 Å². The smallest absolute Gasteiger partial charge is 0.245 e. The van der Waals surface area contributed by atoms with Gasteiger partial charge in [-0.2, -0.15) is 0 Å². The molecule has 1 heterocycles. The lowest BCUT2D eigenvalue weighted by Gasteiger charge is -2.36. The van der Waals surface area contributed by atoms with E-state index in [4.69, 9.17) is 17.3 Å². The van der Waals surface area contributed by atoms with E-state index in [1.165, 1.54) is 25.7 Å². The van der Waals surface area contributed by atoms with Crippen molar-refractivity contribution in [1.82, 2.24) is 0 Å². The molecule has 3 unspecified atom stereocenters. The monoisotopic (exact) mass is 307 g/mol. The number of nitrogens with zero attached hydrogens (tertiary/aromatic N) is 1. The van der Waals surface area contributed by atoms with Crippen molar-refractivity contribution in [3.8, 4) is 0 Å². The van der Waals surface area contributed by atoms with Crippen molar-refractivity contribution in [2.75, 3.05) is 17.3 Å². The first kappa shape index (κ1) is 14.7. The average molecular weight is 308 g/mol. The zero-order chi connectivity index (χ0) is 15.1. The van der Waals surface area contributed by atoms with Gasteiger partial charge in [-0.25, -0.2) is 0 Å². The maximum atomic E-state index is 11.7. The number of hydrogen-bond donors (Lipinski definition) is 2. The van der Waals surface area contributed by atoms with E-state index in [2.05, 4.69) is 24.2 Å². The Hall–Kier alpha value is -1.26. The second-order valence-electron chi connectivity index (χ2n) is 6.39. The topological polar surface area (TPSA) is 58.4 Å². The van der Waals surface area contributed by atoms with Crippen molar-refractivity contribution < 1.29 is 4.79 Å². The quantitative estimate of drug-likeness (QED) is 0.881. The number of fused-ring (bicyclic) bond motifs is 1. The van der Waals surface area contributed by atoms with Crippen LogP contribution in [0.2, 0.25) is 5.02 Å². The molecule has 1 amide bonds. The predicted molar refractivity (Wildman–Crippen MR) is 86.8 cm³/mol. The van der Waals surface area contributed by atoms with Gasteiger partial charge in [0.2, 0.25) is 5.91 Å². The molecule has 1 aliphatic carbocycles. The molecule has 0 spiro atoms. The van der Waals surface area contributed by atoms with E-state index in [-0.39, 0.29) is 5.91 Å². The lowest BCUT2D eigenvalue weighted by atomic mass is 9.86. The number of halogens is 1. The predicted octanol–water partition coefficient (Wildman–Crippen LogP) is 3.31. The summed E-state index contributed by atoms with van der Waals surface area (Å²) in [6, 6.07) is 3.70. The molecule has 0 saturated heterocycles. The van der Waals surface area contributed by atoms with Crippen LogP contribution in [0.4, 0.5) is 11.4 Å². The summed E-state index contributed by atoms with van der Waals surface area (Å²) >= 11 is 6.44. The average Bonchev–Trinajstić information content (AvgIpc) is 2.73. The number of carbonyl (C=O) groups is 1. The Balaban J connectivity index is 1.89. The number of amides is 1. The number of benzene rings is 1. The Morgan fingerprint density at radius 3 is 2.86 bits per heavy atom. The number of nitrogens with one attached hydrogen (secondary N) is 1. The van der Waals surface area contributed by atoms with Gasteiger partial charge in [-0.3, -0.25) is 4.79 Å². The van der Waals surface area contributed by atoms with Crippen LogP contribution in [0.1, 0.15) is 44.2 Å². The van der Waals surface area contributed by atoms with Gasteiger partial charge in [-0.1, -0.05) is 31.4 Å². The molecule has 21 heavy (non-hydrogen) atoms. The van der Waals surface area contributed by atoms with Crippen molar-refractivity contribution in [2.45, 2.75) is 44.7 Å². The zero-order valence-electron chi connectivity index (χ0n) is 12.5. The fourth-order valence-corrected chi connectivity index (χ4v) is 3.82. The molecule has 114 valence electrons. The van der Waals surface area contributed by atoms with Crippen molar-refractivity contribution in [2.24, 2.45) is 11.7 Å². The Labute approximate surface area is 130 Å². The summed E-state index contributed by atoms with van der Waals surface area (Å²) in [6.07, 6.45) is 4.96. The third-order valence-corrected chi connectivity index (χ3v) is 5.13. The molecule has 3 rings (SSSR count). The third-order valence-electron chi connectivity index (χ3n) is 4.83. The minimum atomic E-state index is -0.605. The summed E-state index contributed by atoms with van der Waals surface area (Å²) in [5, 5.41) is 3.50. The van der Waals surface area contributed by atoms with Gasteiger partial charge in [0, 0.05) is 24.3 Å². The first-order chi connectivity index (χ1) is 9.97. The van der Waals surface area contributed by atoms with Crippen LogP contribution in [0, 0.1) is 5.92 Å². The fourth-order valence-electron chi connectivity index (χ4n) is 3.52. The Bertz CT molecular complexity index is 575. The molecule has 4 nitrogen and oxygen atoms in total. The summed E-state index contributed by atoms with van der Waals surface area (Å²) < 4.78 is 0. The molecule has 3 atom stereocenters. The highest BCUT2D eigenvalue weighted by Crippen LogP contribution is 2.40. The summed E-state index contributed by atoms with van der Waals surface area (Å²) in [4.78, 5) is 13.9. The molecule has 0 bridgehead atoms. The molecular weight excluding hydrogens is 286 g/mol. The van der Waals surface area contributed by atoms with Crippen molar-refractivity contribution in [3.05, 3.63) is 22.7 Å². The summed E-state index contributed by atoms with van der Waals surface area (Å²) in [6.45, 7) is 2.31. The highest BCUT2D eigenvalue weighted by atomic mass is 35.5. The van der Waals surface area contributed by atoms with Crippen LogP contribution in [0.5, 0.6) is 0 Å². The second-order valence-corrected chi connectivity index (χ2v) is 6.80. The first-order valence-electron chi connectivity index (χ1n) is 7.60. The summed E-state index contributed by atoms with van der Waals surface area (Å²) in [5.41, 5.74) is 8.42. The highest BCUT2D eigenvalue weighted by molar-refractivity contribution is 6.33. The normalized spacial score (nSPS) is 28.2. The van der Waals surface area contributed by atoms with Gasteiger partial charge in [0.15, 0.2) is 0 Å². The standard InChI is InChI=1S/C16H22ClN3O/c1-9-4-3-5-10(6-9)20(2)14-8-13-11(7-12(14)17)15(18)16(21)19-13/h7-10,15H,3-6,18H2,1-2H3,(H,19,21). The first-order valence-corrected chi connectivity index (χ1v) is 7.98. The van der Waals surface area contributed by atoms with E-state index >= 15 is 0 Å². The number of hydrogen-bond acceptors (Lipinski definition) is 3. The summed E-state index contributed by atoms with van der Waals surface area (Å²) in [7, 11) is 2.09. The van der Waals surface area contributed by atoms with E-state index in [0.717, 1.165) is 22.9 Å². The van der Waals surface area contributed by atoms with Crippen LogP contribution in [0.15, 0.2) is 12.1 Å². The van der Waals surface area contributed by atoms with Gasteiger partial charge in [0.05, 0.1) is 10.7 Å². The number of rotatable bonds is 2. The number of nitrogens with two attached hydrogens (primary N) is 1. The minimum Gasteiger partial charge on any atom is -0.370 e. The highest BCUT2D eigenvalue weighted by Gasteiger charge is 2.30. The van der Waals surface area contributed by atoms with Crippen LogP contribution in [-0.2, 0) is 4.79 Å². The fraction of sp³-hybridized carbons (Fsp3) is 0.562. The molecule has 2 aliphatic rings.